The minimum Gasteiger partial charge on any atom is -0.461 e. The molecule has 7 nitrogen and oxygen atoms in total. The van der Waals surface area contributed by atoms with Crippen molar-refractivity contribution in [3.8, 4) is 6.07 Å². The van der Waals surface area contributed by atoms with Gasteiger partial charge in [0.1, 0.15) is 11.2 Å². The predicted octanol–water partition coefficient (Wildman–Crippen LogP) is 6.06. The van der Waals surface area contributed by atoms with Crippen LogP contribution >= 0.6 is 0 Å². The second kappa shape index (κ2) is 11.4. The van der Waals surface area contributed by atoms with E-state index in [2.05, 4.69) is 83.9 Å². The zero-order valence-electron chi connectivity index (χ0n) is 23.2. The number of carbonyl (C=O) groups excluding carboxylic acids is 1. The number of hydrogen-bond acceptors (Lipinski definition) is 6. The zero-order valence-corrected chi connectivity index (χ0v) is 23.2. The second-order valence-corrected chi connectivity index (χ2v) is 10.5. The lowest BCUT2D eigenvalue weighted by Crippen LogP contribution is -2.45. The van der Waals surface area contributed by atoms with Crippen LogP contribution < -0.4 is 0 Å². The first kappa shape index (κ1) is 26.5. The van der Waals surface area contributed by atoms with E-state index in [4.69, 9.17) is 20.2 Å². The first-order valence-electron chi connectivity index (χ1n) is 14.3. The molecule has 6 rings (SSSR count). The molecule has 4 aromatic rings. The first-order chi connectivity index (χ1) is 20.2. The van der Waals surface area contributed by atoms with Gasteiger partial charge < -0.3 is 4.74 Å². The van der Waals surface area contributed by atoms with E-state index in [1.54, 1.807) is 4.68 Å². The van der Waals surface area contributed by atoms with Crippen LogP contribution in [0.4, 0.5) is 0 Å². The third kappa shape index (κ3) is 4.59. The summed E-state index contributed by atoms with van der Waals surface area (Å²) in [4.78, 5) is 13.1. The highest BCUT2D eigenvalue weighted by atomic mass is 16.5. The molecule has 0 radical (unpaired) electrons. The summed E-state index contributed by atoms with van der Waals surface area (Å²) in [5.41, 5.74) is 6.21. The van der Waals surface area contributed by atoms with Crippen LogP contribution in [0.2, 0.25) is 0 Å². The summed E-state index contributed by atoms with van der Waals surface area (Å²) >= 11 is 0. The number of nitriles is 1. The van der Waals surface area contributed by atoms with Crippen molar-refractivity contribution in [1.29, 1.82) is 5.26 Å². The highest BCUT2D eigenvalue weighted by Crippen LogP contribution is 2.47. The van der Waals surface area contributed by atoms with Gasteiger partial charge in [0.2, 0.25) is 0 Å². The van der Waals surface area contributed by atoms with Crippen molar-refractivity contribution in [2.75, 3.05) is 13.2 Å². The average molecular weight is 544 g/mol. The minimum absolute atomic E-state index is 0.0420. The Bertz CT molecular complexity index is 1490. The molecule has 0 fully saturated rings. The summed E-state index contributed by atoms with van der Waals surface area (Å²) in [5, 5.41) is 21.7. The van der Waals surface area contributed by atoms with Gasteiger partial charge in [-0.3, -0.25) is 9.69 Å². The molecule has 0 N–H and O–H groups in total. The standard InChI is InChI=1S/C34H33N5O2/c1-2-41-33(40)32-28-20-21-30-29(31(28)37-38(32)23-13-12-22-35)24-39(36-30)34(25-14-6-3-7-15-25,26-16-8-4-9-17-26)27-18-10-5-11-19-27/h3-11,14-19,29H,2,12-13,20-21,23-24H2,1H3. The fourth-order valence-electron chi connectivity index (χ4n) is 6.40. The lowest BCUT2D eigenvalue weighted by molar-refractivity contribution is 0.0510. The summed E-state index contributed by atoms with van der Waals surface area (Å²) in [6, 6.07) is 33.9. The van der Waals surface area contributed by atoms with Crippen LogP contribution in [-0.4, -0.2) is 39.6 Å². The Labute approximate surface area is 240 Å². The summed E-state index contributed by atoms with van der Waals surface area (Å²) < 4.78 is 7.22. The Kier molecular flexibility index (Phi) is 7.39. The molecular formula is C34H33N5O2. The van der Waals surface area contributed by atoms with Crippen LogP contribution in [0.3, 0.4) is 0 Å². The number of carbonyl (C=O) groups is 1. The topological polar surface area (TPSA) is 83.5 Å². The van der Waals surface area contributed by atoms with E-state index in [-0.39, 0.29) is 11.9 Å². The van der Waals surface area contributed by atoms with Gasteiger partial charge in [-0.05, 0) is 42.9 Å². The maximum atomic E-state index is 13.1. The number of benzene rings is 3. The maximum Gasteiger partial charge on any atom is 0.356 e. The lowest BCUT2D eigenvalue weighted by atomic mass is 9.76. The molecule has 1 atom stereocenters. The van der Waals surface area contributed by atoms with Gasteiger partial charge in [0.05, 0.1) is 30.8 Å². The number of aromatic nitrogens is 2. The van der Waals surface area contributed by atoms with E-state index in [1.807, 2.05) is 25.1 Å². The molecule has 41 heavy (non-hydrogen) atoms. The van der Waals surface area contributed by atoms with E-state index in [9.17, 15) is 4.79 Å². The van der Waals surface area contributed by atoms with Gasteiger partial charge in [0, 0.05) is 24.2 Å². The van der Waals surface area contributed by atoms with Gasteiger partial charge >= 0.3 is 5.97 Å². The van der Waals surface area contributed by atoms with Crippen LogP contribution in [0.15, 0.2) is 96.1 Å². The van der Waals surface area contributed by atoms with Crippen molar-refractivity contribution >= 4 is 11.7 Å². The number of hydrogen-bond donors (Lipinski definition) is 0. The molecule has 7 heteroatoms. The molecular weight excluding hydrogens is 510 g/mol. The van der Waals surface area contributed by atoms with Crippen molar-refractivity contribution in [3.63, 3.8) is 0 Å². The monoisotopic (exact) mass is 543 g/mol. The highest BCUT2D eigenvalue weighted by Gasteiger charge is 2.48. The van der Waals surface area contributed by atoms with Gasteiger partial charge in [0.15, 0.2) is 0 Å². The maximum absolute atomic E-state index is 13.1. The highest BCUT2D eigenvalue weighted by molar-refractivity contribution is 5.97. The summed E-state index contributed by atoms with van der Waals surface area (Å²) in [7, 11) is 0. The fourth-order valence-corrected chi connectivity index (χ4v) is 6.40. The van der Waals surface area contributed by atoms with Gasteiger partial charge in [-0.25, -0.2) is 4.79 Å². The van der Waals surface area contributed by atoms with E-state index < -0.39 is 5.54 Å². The average Bonchev–Trinajstić information content (AvgIpc) is 3.61. The van der Waals surface area contributed by atoms with Crippen molar-refractivity contribution in [3.05, 3.63) is 125 Å². The first-order valence-corrected chi connectivity index (χ1v) is 14.3. The molecule has 0 amide bonds. The number of rotatable bonds is 9. The number of unbranched alkanes of at least 4 members (excludes halogenated alkanes) is 1. The molecule has 2 heterocycles. The third-order valence-electron chi connectivity index (χ3n) is 8.14. The molecule has 1 aliphatic carbocycles. The number of ether oxygens (including phenoxy) is 1. The molecule has 0 bridgehead atoms. The van der Waals surface area contributed by atoms with Crippen molar-refractivity contribution in [2.24, 2.45) is 5.10 Å². The van der Waals surface area contributed by atoms with Crippen LogP contribution in [0.1, 0.15) is 70.5 Å². The number of esters is 1. The number of fused-ring (bicyclic) bond motifs is 3. The molecule has 1 aromatic heterocycles. The Hall–Kier alpha value is -4.70. The van der Waals surface area contributed by atoms with E-state index >= 15 is 0 Å². The Morgan fingerprint density at radius 1 is 0.951 bits per heavy atom. The Morgan fingerprint density at radius 3 is 2.07 bits per heavy atom. The van der Waals surface area contributed by atoms with Gasteiger partial charge in [-0.2, -0.15) is 15.5 Å². The molecule has 0 saturated carbocycles. The smallest absolute Gasteiger partial charge is 0.356 e. The third-order valence-corrected chi connectivity index (χ3v) is 8.14. The number of hydrazone groups is 1. The van der Waals surface area contributed by atoms with Crippen LogP contribution in [0.5, 0.6) is 0 Å². The SMILES string of the molecule is CCOC(=O)c1c2c(nn1CCCC#N)C1CN(C(c3ccccc3)(c3ccccc3)c3ccccc3)N=C1CC2. The molecule has 0 saturated heterocycles. The summed E-state index contributed by atoms with van der Waals surface area (Å²) in [5.74, 6) is -0.389. The Morgan fingerprint density at radius 2 is 1.54 bits per heavy atom. The quantitative estimate of drug-likeness (QED) is 0.146. The molecule has 1 unspecified atom stereocenters. The molecule has 1 aliphatic heterocycles. The van der Waals surface area contributed by atoms with Crippen LogP contribution in [-0.2, 0) is 23.2 Å². The zero-order chi connectivity index (χ0) is 28.2. The van der Waals surface area contributed by atoms with Crippen molar-refractivity contribution in [2.45, 2.75) is 50.6 Å². The van der Waals surface area contributed by atoms with E-state index in [0.717, 1.165) is 40.1 Å². The molecule has 3 aromatic carbocycles. The predicted molar refractivity (Wildman–Crippen MR) is 157 cm³/mol. The number of aryl methyl sites for hydroxylation is 1. The fraction of sp³-hybridized carbons (Fsp3) is 0.294. The molecule has 206 valence electrons. The summed E-state index contributed by atoms with van der Waals surface area (Å²) in [6.07, 6.45) is 2.46. The number of nitrogens with zero attached hydrogens (tertiary/aromatic N) is 5. The van der Waals surface area contributed by atoms with Crippen LogP contribution in [0.25, 0.3) is 0 Å². The van der Waals surface area contributed by atoms with Crippen LogP contribution in [0, 0.1) is 11.3 Å². The van der Waals surface area contributed by atoms with Crippen molar-refractivity contribution < 1.29 is 9.53 Å². The molecule has 2 aliphatic rings. The second-order valence-electron chi connectivity index (χ2n) is 10.5. The van der Waals surface area contributed by atoms with Gasteiger partial charge in [0.25, 0.3) is 0 Å². The lowest BCUT2D eigenvalue weighted by Gasteiger charge is -2.42. The largest absolute Gasteiger partial charge is 0.461 e. The normalized spacial score (nSPS) is 16.0. The molecule has 0 spiro atoms. The van der Waals surface area contributed by atoms with E-state index in [0.29, 0.717) is 44.7 Å². The van der Waals surface area contributed by atoms with Gasteiger partial charge in [-0.1, -0.05) is 91.0 Å². The minimum atomic E-state index is -0.659. The van der Waals surface area contributed by atoms with Crippen molar-refractivity contribution in [1.82, 2.24) is 14.8 Å². The van der Waals surface area contributed by atoms with E-state index in [1.165, 1.54) is 0 Å². The summed E-state index contributed by atoms with van der Waals surface area (Å²) in [6.45, 7) is 3.24. The Balaban J connectivity index is 1.48. The van der Waals surface area contributed by atoms with Gasteiger partial charge in [-0.15, -0.1) is 0 Å².